The maximum absolute atomic E-state index is 11.9. The highest BCUT2D eigenvalue weighted by molar-refractivity contribution is 7.89. The quantitative estimate of drug-likeness (QED) is 0.665. The molecule has 1 saturated carbocycles. The van der Waals surface area contributed by atoms with E-state index in [2.05, 4.69) is 10.0 Å². The Labute approximate surface area is 112 Å². The molecule has 1 unspecified atom stereocenters. The van der Waals surface area contributed by atoms with Gasteiger partial charge in [0.25, 0.3) is 0 Å². The Hall–Kier alpha value is -0.130. The first-order valence-electron chi connectivity index (χ1n) is 7.26. The van der Waals surface area contributed by atoms with Crippen LogP contribution in [0.25, 0.3) is 0 Å². The summed E-state index contributed by atoms with van der Waals surface area (Å²) >= 11 is 0. The molecule has 0 aromatic carbocycles. The monoisotopic (exact) mass is 276 g/mol. The topological polar surface area (TPSA) is 58.2 Å². The lowest BCUT2D eigenvalue weighted by Crippen LogP contribution is -2.40. The average molecular weight is 276 g/mol. The molecule has 0 aromatic heterocycles. The van der Waals surface area contributed by atoms with Crippen LogP contribution in [0.15, 0.2) is 0 Å². The van der Waals surface area contributed by atoms with Gasteiger partial charge in [-0.05, 0) is 45.2 Å². The third-order valence-corrected chi connectivity index (χ3v) is 5.30. The van der Waals surface area contributed by atoms with E-state index in [1.165, 1.54) is 32.1 Å². The number of sulfonamides is 1. The molecule has 1 aliphatic rings. The van der Waals surface area contributed by atoms with Crippen LogP contribution in [0.3, 0.4) is 0 Å². The smallest absolute Gasteiger partial charge is 0.211 e. The van der Waals surface area contributed by atoms with E-state index < -0.39 is 10.0 Å². The SMILES string of the molecule is CCNCCCS(=O)(=O)NC(C)C1CCCCC1. The summed E-state index contributed by atoms with van der Waals surface area (Å²) in [7, 11) is -3.10. The summed E-state index contributed by atoms with van der Waals surface area (Å²) in [6.07, 6.45) is 6.82. The molecule has 0 radical (unpaired) electrons. The Morgan fingerprint density at radius 3 is 2.50 bits per heavy atom. The van der Waals surface area contributed by atoms with E-state index in [0.29, 0.717) is 12.3 Å². The van der Waals surface area contributed by atoms with Gasteiger partial charge in [-0.2, -0.15) is 0 Å². The van der Waals surface area contributed by atoms with Gasteiger partial charge < -0.3 is 5.32 Å². The summed E-state index contributed by atoms with van der Waals surface area (Å²) in [6, 6.07) is 0.0921. The van der Waals surface area contributed by atoms with Crippen LogP contribution in [0.1, 0.15) is 52.4 Å². The minimum Gasteiger partial charge on any atom is -0.317 e. The fourth-order valence-corrected chi connectivity index (χ4v) is 4.04. The lowest BCUT2D eigenvalue weighted by Gasteiger charge is -2.28. The van der Waals surface area contributed by atoms with E-state index in [-0.39, 0.29) is 11.8 Å². The molecular weight excluding hydrogens is 248 g/mol. The van der Waals surface area contributed by atoms with Crippen molar-refractivity contribution >= 4 is 10.0 Å². The van der Waals surface area contributed by atoms with Gasteiger partial charge in [0.1, 0.15) is 0 Å². The fourth-order valence-electron chi connectivity index (χ4n) is 2.64. The van der Waals surface area contributed by atoms with Crippen molar-refractivity contribution in [1.29, 1.82) is 0 Å². The molecule has 2 N–H and O–H groups in total. The predicted octanol–water partition coefficient (Wildman–Crippen LogP) is 1.87. The average Bonchev–Trinajstić information content (AvgIpc) is 2.35. The zero-order chi connectivity index (χ0) is 13.4. The summed E-state index contributed by atoms with van der Waals surface area (Å²) in [5, 5.41) is 3.15. The number of hydrogen-bond acceptors (Lipinski definition) is 3. The Morgan fingerprint density at radius 2 is 1.89 bits per heavy atom. The summed E-state index contributed by atoms with van der Waals surface area (Å²) in [5.41, 5.74) is 0. The van der Waals surface area contributed by atoms with E-state index >= 15 is 0 Å². The predicted molar refractivity (Wildman–Crippen MR) is 76.1 cm³/mol. The van der Waals surface area contributed by atoms with Crippen molar-refractivity contribution in [2.24, 2.45) is 5.92 Å². The highest BCUT2D eigenvalue weighted by atomic mass is 32.2. The fraction of sp³-hybridized carbons (Fsp3) is 1.00. The van der Waals surface area contributed by atoms with E-state index in [9.17, 15) is 8.42 Å². The zero-order valence-corrected chi connectivity index (χ0v) is 12.6. The van der Waals surface area contributed by atoms with Gasteiger partial charge in [0.15, 0.2) is 0 Å². The third kappa shape index (κ3) is 6.16. The Balaban J connectivity index is 2.29. The molecule has 0 heterocycles. The number of hydrogen-bond donors (Lipinski definition) is 2. The summed E-state index contributed by atoms with van der Waals surface area (Å²) < 4.78 is 26.7. The van der Waals surface area contributed by atoms with Crippen molar-refractivity contribution in [2.75, 3.05) is 18.8 Å². The van der Waals surface area contributed by atoms with Crippen molar-refractivity contribution < 1.29 is 8.42 Å². The largest absolute Gasteiger partial charge is 0.317 e. The molecule has 1 aliphatic carbocycles. The van der Waals surface area contributed by atoms with Crippen LogP contribution >= 0.6 is 0 Å². The molecule has 1 rings (SSSR count). The van der Waals surface area contributed by atoms with Crippen molar-refractivity contribution in [3.8, 4) is 0 Å². The highest BCUT2D eigenvalue weighted by Gasteiger charge is 2.23. The van der Waals surface area contributed by atoms with Crippen molar-refractivity contribution in [3.05, 3.63) is 0 Å². The summed E-state index contributed by atoms with van der Waals surface area (Å²) in [5.74, 6) is 0.763. The molecule has 0 spiro atoms. The molecule has 0 bridgehead atoms. The Morgan fingerprint density at radius 1 is 1.22 bits per heavy atom. The van der Waals surface area contributed by atoms with Gasteiger partial charge in [-0.15, -0.1) is 0 Å². The van der Waals surface area contributed by atoms with Gasteiger partial charge in [-0.3, -0.25) is 0 Å². The molecular formula is C13H28N2O2S. The first-order valence-corrected chi connectivity index (χ1v) is 8.91. The second-order valence-corrected chi connectivity index (χ2v) is 7.20. The van der Waals surface area contributed by atoms with Gasteiger partial charge in [-0.25, -0.2) is 13.1 Å². The molecule has 108 valence electrons. The Kier molecular flexibility index (Phi) is 7.19. The third-order valence-electron chi connectivity index (χ3n) is 3.74. The zero-order valence-electron chi connectivity index (χ0n) is 11.7. The molecule has 1 fully saturated rings. The minimum absolute atomic E-state index is 0.0921. The molecule has 18 heavy (non-hydrogen) atoms. The summed E-state index contributed by atoms with van der Waals surface area (Å²) in [6.45, 7) is 5.71. The highest BCUT2D eigenvalue weighted by Crippen LogP contribution is 2.26. The van der Waals surface area contributed by atoms with Crippen LogP contribution in [0, 0.1) is 5.92 Å². The minimum atomic E-state index is -3.10. The maximum Gasteiger partial charge on any atom is 0.211 e. The first-order chi connectivity index (χ1) is 8.55. The maximum atomic E-state index is 11.9. The van der Waals surface area contributed by atoms with Gasteiger partial charge in [0.05, 0.1) is 5.75 Å². The number of nitrogens with one attached hydrogen (secondary N) is 2. The van der Waals surface area contributed by atoms with E-state index in [0.717, 1.165) is 13.1 Å². The molecule has 1 atom stereocenters. The van der Waals surface area contributed by atoms with Crippen LogP contribution in [0.4, 0.5) is 0 Å². The molecule has 0 amide bonds. The molecule has 0 aromatic rings. The molecule has 4 nitrogen and oxygen atoms in total. The lowest BCUT2D eigenvalue weighted by molar-refractivity contribution is 0.303. The van der Waals surface area contributed by atoms with Crippen LogP contribution in [0.5, 0.6) is 0 Å². The van der Waals surface area contributed by atoms with Crippen LogP contribution in [-0.2, 0) is 10.0 Å². The molecule has 5 heteroatoms. The van der Waals surface area contributed by atoms with E-state index in [4.69, 9.17) is 0 Å². The van der Waals surface area contributed by atoms with Gasteiger partial charge in [0.2, 0.25) is 10.0 Å². The lowest BCUT2D eigenvalue weighted by atomic mass is 9.85. The van der Waals surface area contributed by atoms with Crippen LogP contribution in [-0.4, -0.2) is 33.3 Å². The standard InChI is InChI=1S/C13H28N2O2S/c1-3-14-10-7-11-18(16,17)15-12(2)13-8-5-4-6-9-13/h12-15H,3-11H2,1-2H3. The van der Waals surface area contributed by atoms with Gasteiger partial charge in [0, 0.05) is 6.04 Å². The Bertz CT molecular complexity index is 311. The van der Waals surface area contributed by atoms with Crippen LogP contribution in [0.2, 0.25) is 0 Å². The normalized spacial score (nSPS) is 19.9. The summed E-state index contributed by atoms with van der Waals surface area (Å²) in [4.78, 5) is 0. The molecule has 0 saturated heterocycles. The van der Waals surface area contributed by atoms with E-state index in [1.807, 2.05) is 13.8 Å². The van der Waals surface area contributed by atoms with Crippen molar-refractivity contribution in [3.63, 3.8) is 0 Å². The molecule has 0 aliphatic heterocycles. The van der Waals surface area contributed by atoms with Crippen molar-refractivity contribution in [2.45, 2.75) is 58.4 Å². The second kappa shape index (κ2) is 8.12. The van der Waals surface area contributed by atoms with Crippen molar-refractivity contribution in [1.82, 2.24) is 10.0 Å². The second-order valence-electron chi connectivity index (χ2n) is 5.33. The van der Waals surface area contributed by atoms with Crippen LogP contribution < -0.4 is 10.0 Å². The number of rotatable bonds is 8. The van der Waals surface area contributed by atoms with Gasteiger partial charge in [-0.1, -0.05) is 26.2 Å². The van der Waals surface area contributed by atoms with E-state index in [1.54, 1.807) is 0 Å². The first kappa shape index (κ1) is 15.9. The van der Waals surface area contributed by atoms with Gasteiger partial charge >= 0.3 is 0 Å².